The molecule has 0 aliphatic carbocycles. The quantitative estimate of drug-likeness (QED) is 0.453. The molecule has 2 aromatic rings. The summed E-state index contributed by atoms with van der Waals surface area (Å²) in [5.74, 6) is -1.81. The van der Waals surface area contributed by atoms with Gasteiger partial charge in [0.05, 0.1) is 23.0 Å². The standard InChI is InChI=1S/C17H18N2O6S2/c20-14(10-18-16(22)12-4-1-8-26-12)24-6-3-7-25-15(21)11-19-17(23)13-5-2-9-27-13/h1-2,4-5,8-9H,3,6-7,10-11H2,(H,18,22)(H,19,23). The number of amides is 2. The third-order valence-electron chi connectivity index (χ3n) is 3.09. The maximum Gasteiger partial charge on any atom is 0.325 e. The van der Waals surface area contributed by atoms with Gasteiger partial charge in [-0.25, -0.2) is 0 Å². The van der Waals surface area contributed by atoms with Gasteiger partial charge >= 0.3 is 11.9 Å². The van der Waals surface area contributed by atoms with E-state index in [-0.39, 0.29) is 38.1 Å². The summed E-state index contributed by atoms with van der Waals surface area (Å²) in [5, 5.41) is 8.44. The summed E-state index contributed by atoms with van der Waals surface area (Å²) in [5.41, 5.74) is 0. The Morgan fingerprint density at radius 2 is 1.22 bits per heavy atom. The van der Waals surface area contributed by atoms with E-state index in [0.717, 1.165) is 0 Å². The van der Waals surface area contributed by atoms with Gasteiger partial charge in [0.1, 0.15) is 13.1 Å². The highest BCUT2D eigenvalue weighted by molar-refractivity contribution is 7.12. The van der Waals surface area contributed by atoms with Gasteiger partial charge in [-0.05, 0) is 22.9 Å². The lowest BCUT2D eigenvalue weighted by Gasteiger charge is -2.07. The van der Waals surface area contributed by atoms with Gasteiger partial charge in [-0.3, -0.25) is 19.2 Å². The largest absolute Gasteiger partial charge is 0.464 e. The summed E-state index contributed by atoms with van der Waals surface area (Å²) in [4.78, 5) is 47.4. The Bertz CT molecular complexity index is 694. The number of esters is 2. The van der Waals surface area contributed by atoms with Crippen LogP contribution in [0.5, 0.6) is 0 Å². The molecule has 8 nitrogen and oxygen atoms in total. The van der Waals surface area contributed by atoms with Gasteiger partial charge < -0.3 is 20.1 Å². The van der Waals surface area contributed by atoms with Crippen molar-refractivity contribution in [3.05, 3.63) is 44.8 Å². The number of hydrogen-bond donors (Lipinski definition) is 2. The highest BCUT2D eigenvalue weighted by atomic mass is 32.1. The third-order valence-corrected chi connectivity index (χ3v) is 4.83. The first-order valence-corrected chi connectivity index (χ1v) is 9.77. The van der Waals surface area contributed by atoms with Crippen LogP contribution in [0.2, 0.25) is 0 Å². The van der Waals surface area contributed by atoms with Crippen LogP contribution in [0, 0.1) is 0 Å². The van der Waals surface area contributed by atoms with Crippen molar-refractivity contribution in [3.63, 3.8) is 0 Å². The van der Waals surface area contributed by atoms with Gasteiger partial charge in [-0.1, -0.05) is 12.1 Å². The minimum absolute atomic E-state index is 0.0581. The summed E-state index contributed by atoms with van der Waals surface area (Å²) in [6.45, 7) is -0.346. The molecule has 10 heteroatoms. The number of rotatable bonds is 10. The lowest BCUT2D eigenvalue weighted by Crippen LogP contribution is -2.31. The number of carbonyl (C=O) groups is 4. The molecule has 0 saturated carbocycles. The Hall–Kier alpha value is -2.72. The minimum Gasteiger partial charge on any atom is -0.464 e. The highest BCUT2D eigenvalue weighted by Gasteiger charge is 2.11. The maximum atomic E-state index is 11.7. The first-order chi connectivity index (χ1) is 13.1. The molecule has 2 amide bonds. The molecule has 0 aromatic carbocycles. The molecular formula is C17H18N2O6S2. The molecular weight excluding hydrogens is 392 g/mol. The molecule has 0 saturated heterocycles. The van der Waals surface area contributed by atoms with Gasteiger partial charge in [0, 0.05) is 6.42 Å². The normalized spacial score (nSPS) is 10.1. The van der Waals surface area contributed by atoms with Crippen LogP contribution in [-0.2, 0) is 19.1 Å². The maximum absolute atomic E-state index is 11.7. The second kappa shape index (κ2) is 11.1. The van der Waals surface area contributed by atoms with E-state index in [1.54, 1.807) is 35.0 Å². The summed E-state index contributed by atoms with van der Waals surface area (Å²) >= 11 is 2.55. The van der Waals surface area contributed by atoms with E-state index in [0.29, 0.717) is 16.2 Å². The van der Waals surface area contributed by atoms with Gasteiger partial charge in [-0.15, -0.1) is 22.7 Å². The predicted molar refractivity (Wildman–Crippen MR) is 99.8 cm³/mol. The fraction of sp³-hybridized carbons (Fsp3) is 0.294. The van der Waals surface area contributed by atoms with Crippen LogP contribution in [-0.4, -0.2) is 50.1 Å². The molecule has 27 heavy (non-hydrogen) atoms. The number of ether oxygens (including phenoxy) is 2. The second-order valence-electron chi connectivity index (χ2n) is 5.11. The summed E-state index contributed by atoms with van der Waals surface area (Å²) < 4.78 is 9.86. The van der Waals surface area contributed by atoms with Crippen molar-refractivity contribution < 1.29 is 28.7 Å². The van der Waals surface area contributed by atoms with E-state index in [4.69, 9.17) is 9.47 Å². The molecule has 0 aliphatic rings. The summed E-state index contributed by atoms with van der Waals surface area (Å²) in [6, 6.07) is 6.80. The minimum atomic E-state index is -0.575. The molecule has 0 unspecified atom stereocenters. The second-order valence-corrected chi connectivity index (χ2v) is 7.01. The van der Waals surface area contributed by atoms with E-state index in [2.05, 4.69) is 10.6 Å². The van der Waals surface area contributed by atoms with Gasteiger partial charge in [0.2, 0.25) is 0 Å². The van der Waals surface area contributed by atoms with Crippen molar-refractivity contribution in [2.45, 2.75) is 6.42 Å². The number of hydrogen-bond acceptors (Lipinski definition) is 8. The Labute approximate surface area is 163 Å². The molecule has 0 bridgehead atoms. The molecule has 0 fully saturated rings. The van der Waals surface area contributed by atoms with Gasteiger partial charge in [-0.2, -0.15) is 0 Å². The Morgan fingerprint density at radius 3 is 1.59 bits per heavy atom. The Kier molecular flexibility index (Phi) is 8.46. The monoisotopic (exact) mass is 410 g/mol. The molecule has 0 radical (unpaired) electrons. The number of nitrogens with one attached hydrogen (secondary N) is 2. The van der Waals surface area contributed by atoms with Crippen molar-refractivity contribution in [2.24, 2.45) is 0 Å². The van der Waals surface area contributed by atoms with Crippen molar-refractivity contribution >= 4 is 46.4 Å². The topological polar surface area (TPSA) is 111 Å². The zero-order valence-electron chi connectivity index (χ0n) is 14.3. The highest BCUT2D eigenvalue weighted by Crippen LogP contribution is 2.08. The van der Waals surface area contributed by atoms with E-state index in [9.17, 15) is 19.2 Å². The van der Waals surface area contributed by atoms with E-state index in [1.165, 1.54) is 22.7 Å². The molecule has 144 valence electrons. The summed E-state index contributed by atoms with van der Waals surface area (Å²) in [6.07, 6.45) is 0.315. The summed E-state index contributed by atoms with van der Waals surface area (Å²) in [7, 11) is 0. The molecule has 0 atom stereocenters. The first kappa shape index (κ1) is 20.6. The van der Waals surface area contributed by atoms with Crippen molar-refractivity contribution in [2.75, 3.05) is 26.3 Å². The molecule has 2 heterocycles. The zero-order valence-corrected chi connectivity index (χ0v) is 15.9. The average molecular weight is 410 g/mol. The smallest absolute Gasteiger partial charge is 0.325 e. The number of carbonyl (C=O) groups excluding carboxylic acids is 4. The molecule has 0 aliphatic heterocycles. The van der Waals surface area contributed by atoms with Crippen molar-refractivity contribution in [1.29, 1.82) is 0 Å². The SMILES string of the molecule is O=C(CNC(=O)c1cccs1)OCCCOC(=O)CNC(=O)c1cccs1. The van der Waals surface area contributed by atoms with Crippen molar-refractivity contribution in [1.82, 2.24) is 10.6 Å². The molecule has 2 N–H and O–H groups in total. The van der Waals surface area contributed by atoms with E-state index in [1.807, 2.05) is 0 Å². The van der Waals surface area contributed by atoms with Gasteiger partial charge in [0.15, 0.2) is 0 Å². The molecule has 2 aromatic heterocycles. The lowest BCUT2D eigenvalue weighted by atomic mass is 10.4. The predicted octanol–water partition coefficient (Wildman–Crippen LogP) is 1.45. The van der Waals surface area contributed by atoms with Crippen LogP contribution in [0.1, 0.15) is 25.8 Å². The Morgan fingerprint density at radius 1 is 0.778 bits per heavy atom. The zero-order chi connectivity index (χ0) is 19.5. The van der Waals surface area contributed by atoms with Crippen LogP contribution in [0.3, 0.4) is 0 Å². The van der Waals surface area contributed by atoms with Crippen LogP contribution in [0.4, 0.5) is 0 Å². The van der Waals surface area contributed by atoms with Gasteiger partial charge in [0.25, 0.3) is 11.8 Å². The molecule has 2 rings (SSSR count). The third kappa shape index (κ3) is 7.59. The lowest BCUT2D eigenvalue weighted by molar-refractivity contribution is -0.144. The van der Waals surface area contributed by atoms with E-state index >= 15 is 0 Å². The molecule has 0 spiro atoms. The van der Waals surface area contributed by atoms with Crippen molar-refractivity contribution in [3.8, 4) is 0 Å². The fourth-order valence-electron chi connectivity index (χ4n) is 1.83. The number of thiophene rings is 2. The first-order valence-electron chi connectivity index (χ1n) is 8.01. The fourth-order valence-corrected chi connectivity index (χ4v) is 3.11. The Balaban J connectivity index is 1.48. The van der Waals surface area contributed by atoms with Crippen LogP contribution in [0.15, 0.2) is 35.0 Å². The average Bonchev–Trinajstić information content (AvgIpc) is 3.37. The van der Waals surface area contributed by atoms with Crippen LogP contribution >= 0.6 is 22.7 Å². The van der Waals surface area contributed by atoms with Crippen LogP contribution in [0.25, 0.3) is 0 Å². The van der Waals surface area contributed by atoms with E-state index < -0.39 is 11.9 Å². The van der Waals surface area contributed by atoms with Crippen LogP contribution < -0.4 is 10.6 Å².